The Morgan fingerprint density at radius 2 is 2.19 bits per heavy atom. The molecule has 2 rings (SSSR count). The Balaban J connectivity index is 2.32. The van der Waals surface area contributed by atoms with Gasteiger partial charge in [0.25, 0.3) is 0 Å². The standard InChI is InChI=1S/C18H24O3/c1-12(2)18-16(20-14(4)19)10-8-6-5-7-9-15-13(3)11-17(18)21-15/h11,15-18H,1,5-7,9H2,2-4H3/t15-,16-,17+,18-/m1/s1. The Morgan fingerprint density at radius 3 is 2.86 bits per heavy atom. The van der Waals surface area contributed by atoms with Crippen molar-refractivity contribution in [3.63, 3.8) is 0 Å². The van der Waals surface area contributed by atoms with E-state index in [0.717, 1.165) is 31.3 Å². The van der Waals surface area contributed by atoms with Crippen LogP contribution in [0.1, 0.15) is 46.5 Å². The maximum atomic E-state index is 11.4. The van der Waals surface area contributed by atoms with Crippen LogP contribution >= 0.6 is 0 Å². The van der Waals surface area contributed by atoms with Crippen LogP contribution in [0.4, 0.5) is 0 Å². The third-order valence-electron chi connectivity index (χ3n) is 4.06. The first-order valence-corrected chi connectivity index (χ1v) is 7.64. The van der Waals surface area contributed by atoms with Gasteiger partial charge in [0.15, 0.2) is 6.10 Å². The van der Waals surface area contributed by atoms with E-state index >= 15 is 0 Å². The first kappa shape index (κ1) is 15.9. The van der Waals surface area contributed by atoms with Gasteiger partial charge >= 0.3 is 5.97 Å². The van der Waals surface area contributed by atoms with E-state index in [9.17, 15) is 4.79 Å². The van der Waals surface area contributed by atoms with Crippen LogP contribution in [0.25, 0.3) is 0 Å². The molecule has 0 saturated heterocycles. The fourth-order valence-corrected chi connectivity index (χ4v) is 2.99. The summed E-state index contributed by atoms with van der Waals surface area (Å²) in [5, 5.41) is 0. The highest BCUT2D eigenvalue weighted by molar-refractivity contribution is 5.66. The third kappa shape index (κ3) is 3.98. The lowest BCUT2D eigenvalue weighted by atomic mass is 9.89. The molecule has 0 aromatic heterocycles. The number of carbonyl (C=O) groups excluding carboxylic acids is 1. The number of fused-ring (bicyclic) bond motifs is 2. The molecule has 114 valence electrons. The Bertz CT molecular complexity index is 506. The van der Waals surface area contributed by atoms with Crippen molar-refractivity contribution in [2.24, 2.45) is 5.92 Å². The molecule has 0 radical (unpaired) electrons. The lowest BCUT2D eigenvalue weighted by molar-refractivity contribution is -0.147. The molecule has 2 aliphatic heterocycles. The minimum atomic E-state index is -0.481. The van der Waals surface area contributed by atoms with Crippen molar-refractivity contribution < 1.29 is 14.3 Å². The quantitative estimate of drug-likeness (QED) is 0.444. The van der Waals surface area contributed by atoms with Crippen molar-refractivity contribution in [2.75, 3.05) is 0 Å². The highest BCUT2D eigenvalue weighted by atomic mass is 16.5. The van der Waals surface area contributed by atoms with E-state index in [-0.39, 0.29) is 24.1 Å². The fourth-order valence-electron chi connectivity index (χ4n) is 2.99. The molecule has 21 heavy (non-hydrogen) atoms. The average Bonchev–Trinajstić information content (AvgIpc) is 2.70. The molecule has 0 saturated carbocycles. The van der Waals surface area contributed by atoms with Gasteiger partial charge in [0.05, 0.1) is 18.1 Å². The van der Waals surface area contributed by atoms with Gasteiger partial charge in [-0.2, -0.15) is 0 Å². The van der Waals surface area contributed by atoms with Crippen molar-refractivity contribution in [1.29, 1.82) is 0 Å². The van der Waals surface area contributed by atoms with Crippen molar-refractivity contribution >= 4 is 5.97 Å². The van der Waals surface area contributed by atoms with Crippen molar-refractivity contribution in [3.05, 3.63) is 23.8 Å². The number of hydrogen-bond donors (Lipinski definition) is 0. The van der Waals surface area contributed by atoms with Gasteiger partial charge in [0, 0.05) is 13.3 Å². The molecular weight excluding hydrogens is 264 g/mol. The summed E-state index contributed by atoms with van der Waals surface area (Å²) in [6, 6.07) is 0. The van der Waals surface area contributed by atoms with Crippen LogP contribution < -0.4 is 0 Å². The molecule has 3 heteroatoms. The highest BCUT2D eigenvalue weighted by Crippen LogP contribution is 2.33. The molecule has 0 aliphatic carbocycles. The number of hydrogen-bond acceptors (Lipinski definition) is 3. The van der Waals surface area contributed by atoms with E-state index in [1.165, 1.54) is 12.5 Å². The number of ether oxygens (including phenoxy) is 2. The van der Waals surface area contributed by atoms with Gasteiger partial charge in [-0.25, -0.2) is 0 Å². The van der Waals surface area contributed by atoms with Crippen molar-refractivity contribution in [2.45, 2.75) is 64.8 Å². The number of rotatable bonds is 2. The molecule has 2 bridgehead atoms. The van der Waals surface area contributed by atoms with Gasteiger partial charge in [0.2, 0.25) is 0 Å². The molecule has 0 amide bonds. The summed E-state index contributed by atoms with van der Waals surface area (Å²) >= 11 is 0. The molecule has 0 aromatic rings. The van der Waals surface area contributed by atoms with Gasteiger partial charge < -0.3 is 9.47 Å². The van der Waals surface area contributed by atoms with Gasteiger partial charge in [-0.1, -0.05) is 30.1 Å². The van der Waals surface area contributed by atoms with E-state index in [1.54, 1.807) is 0 Å². The summed E-state index contributed by atoms with van der Waals surface area (Å²) in [4.78, 5) is 11.4. The van der Waals surface area contributed by atoms with Crippen LogP contribution in [0.15, 0.2) is 23.8 Å². The average molecular weight is 288 g/mol. The zero-order valence-corrected chi connectivity index (χ0v) is 13.1. The van der Waals surface area contributed by atoms with Crippen LogP contribution in [0.2, 0.25) is 0 Å². The van der Waals surface area contributed by atoms with E-state index in [2.05, 4.69) is 31.4 Å². The maximum Gasteiger partial charge on any atom is 0.303 e. The second-order valence-corrected chi connectivity index (χ2v) is 5.97. The second kappa shape index (κ2) is 6.95. The summed E-state index contributed by atoms with van der Waals surface area (Å²) in [6.45, 7) is 9.53. The van der Waals surface area contributed by atoms with Gasteiger partial charge in [0.1, 0.15) is 0 Å². The summed E-state index contributed by atoms with van der Waals surface area (Å²) in [6.07, 6.45) is 5.75. The van der Waals surface area contributed by atoms with Crippen LogP contribution in [-0.4, -0.2) is 24.3 Å². The summed E-state index contributed by atoms with van der Waals surface area (Å²) in [5.74, 6) is 5.84. The largest absolute Gasteiger partial charge is 0.449 e. The first-order chi connectivity index (χ1) is 9.99. The normalized spacial score (nSPS) is 32.2. The molecule has 0 aromatic carbocycles. The van der Waals surface area contributed by atoms with Crippen LogP contribution in [0.5, 0.6) is 0 Å². The SMILES string of the molecule is C=C(C)[C@H]1[C@@H]2C=C(C)[C@@H](CCCCC#C[C@H]1OC(C)=O)O2. The number of esters is 1. The smallest absolute Gasteiger partial charge is 0.303 e. The first-order valence-electron chi connectivity index (χ1n) is 7.64. The zero-order valence-electron chi connectivity index (χ0n) is 13.1. The number of carbonyl (C=O) groups is 1. The molecule has 0 spiro atoms. The van der Waals surface area contributed by atoms with Crippen LogP contribution in [-0.2, 0) is 14.3 Å². The molecule has 3 nitrogen and oxygen atoms in total. The monoisotopic (exact) mass is 288 g/mol. The Hall–Kier alpha value is -1.53. The topological polar surface area (TPSA) is 35.5 Å². The van der Waals surface area contributed by atoms with Crippen LogP contribution in [0.3, 0.4) is 0 Å². The highest BCUT2D eigenvalue weighted by Gasteiger charge is 2.36. The van der Waals surface area contributed by atoms with E-state index in [0.29, 0.717) is 0 Å². The molecule has 0 fully saturated rings. The maximum absolute atomic E-state index is 11.4. The minimum absolute atomic E-state index is 0.107. The zero-order chi connectivity index (χ0) is 15.4. The molecule has 4 atom stereocenters. The Morgan fingerprint density at radius 1 is 1.43 bits per heavy atom. The van der Waals surface area contributed by atoms with Gasteiger partial charge in [-0.05, 0) is 38.7 Å². The second-order valence-electron chi connectivity index (χ2n) is 5.97. The van der Waals surface area contributed by atoms with E-state index < -0.39 is 6.10 Å². The molecule has 2 aliphatic rings. The lowest BCUT2D eigenvalue weighted by Crippen LogP contribution is -2.35. The van der Waals surface area contributed by atoms with E-state index in [4.69, 9.17) is 9.47 Å². The summed E-state index contributed by atoms with van der Waals surface area (Å²) in [7, 11) is 0. The van der Waals surface area contributed by atoms with Crippen molar-refractivity contribution in [3.8, 4) is 11.8 Å². The predicted octanol–water partition coefficient (Wildman–Crippen LogP) is 3.40. The third-order valence-corrected chi connectivity index (χ3v) is 4.06. The van der Waals surface area contributed by atoms with Gasteiger partial charge in [-0.3, -0.25) is 4.79 Å². The predicted molar refractivity (Wildman–Crippen MR) is 82.5 cm³/mol. The Kier molecular flexibility index (Phi) is 5.25. The minimum Gasteiger partial charge on any atom is -0.449 e. The fraction of sp³-hybridized carbons (Fsp3) is 0.611. The molecule has 2 heterocycles. The Labute approximate surface area is 127 Å². The van der Waals surface area contributed by atoms with Crippen LogP contribution in [0, 0.1) is 17.8 Å². The summed E-state index contributed by atoms with van der Waals surface area (Å²) in [5.41, 5.74) is 2.20. The molecule has 0 N–H and O–H groups in total. The molecule has 0 unspecified atom stereocenters. The van der Waals surface area contributed by atoms with E-state index in [1.807, 2.05) is 6.92 Å². The lowest BCUT2D eigenvalue weighted by Gasteiger charge is -2.28. The summed E-state index contributed by atoms with van der Waals surface area (Å²) < 4.78 is 11.6. The van der Waals surface area contributed by atoms with Crippen molar-refractivity contribution in [1.82, 2.24) is 0 Å². The molecular formula is C18H24O3. The van der Waals surface area contributed by atoms with Gasteiger partial charge in [-0.15, -0.1) is 0 Å².